The highest BCUT2D eigenvalue weighted by molar-refractivity contribution is 8.10. The van der Waals surface area contributed by atoms with Gasteiger partial charge in [0.05, 0.1) is 0 Å². The summed E-state index contributed by atoms with van der Waals surface area (Å²) in [4.78, 5) is 2.60. The summed E-state index contributed by atoms with van der Waals surface area (Å²) < 4.78 is 0.894. The van der Waals surface area contributed by atoms with Crippen LogP contribution in [0.4, 0.5) is 0 Å². The van der Waals surface area contributed by atoms with Gasteiger partial charge in [0.2, 0.25) is 0 Å². The molecule has 0 aromatic heterocycles. The fraction of sp³-hybridized carbons (Fsp3) is 0.933. The molecule has 0 amide bonds. The van der Waals surface area contributed by atoms with E-state index in [1.807, 2.05) is 0 Å². The number of hydrogen-bond donors (Lipinski definition) is 1. The highest BCUT2D eigenvalue weighted by Gasteiger charge is 2.49. The van der Waals surface area contributed by atoms with Crippen LogP contribution in [-0.2, 0) is 0 Å². The van der Waals surface area contributed by atoms with Crippen LogP contribution in [0.5, 0.6) is 0 Å². The Balaban J connectivity index is 1.56. The molecule has 1 nitrogen and oxygen atoms in total. The average Bonchev–Trinajstić information content (AvgIpc) is 3.09. The van der Waals surface area contributed by atoms with E-state index in [4.69, 9.17) is 12.2 Å². The van der Waals surface area contributed by atoms with Crippen LogP contribution in [0.2, 0.25) is 0 Å². The first-order valence-corrected chi connectivity index (χ1v) is 8.59. The highest BCUT2D eigenvalue weighted by atomic mass is 32.1. The molecule has 0 aliphatic heterocycles. The second-order valence-electron chi connectivity index (χ2n) is 7.17. The van der Waals surface area contributed by atoms with E-state index in [1.54, 1.807) is 0 Å². The summed E-state index contributed by atoms with van der Waals surface area (Å²) in [7, 11) is 0. The molecule has 0 heterocycles. The number of fused-ring (bicyclic) bond motifs is 4. The lowest BCUT2D eigenvalue weighted by molar-refractivity contribution is 0.141. The molecule has 4 aliphatic rings. The molecule has 4 rings (SSSR count). The molecule has 0 spiro atoms. The lowest BCUT2D eigenvalue weighted by Gasteiger charge is -2.42. The molecular weight excluding hydrogens is 258 g/mol. The minimum absolute atomic E-state index is 0.748. The molecule has 4 saturated carbocycles. The first kappa shape index (κ1) is 12.0. The Morgan fingerprint density at radius 3 is 1.61 bits per heavy atom. The fourth-order valence-corrected chi connectivity index (χ4v) is 6.20. The molecule has 0 N–H and O–H groups in total. The normalized spacial score (nSPS) is 48.9. The predicted molar refractivity (Wildman–Crippen MR) is 81.9 cm³/mol. The Labute approximate surface area is 121 Å². The fourth-order valence-electron chi connectivity index (χ4n) is 5.63. The van der Waals surface area contributed by atoms with Gasteiger partial charge in [0.1, 0.15) is 4.32 Å². The van der Waals surface area contributed by atoms with Gasteiger partial charge in [-0.1, -0.05) is 25.1 Å². The Kier molecular flexibility index (Phi) is 2.92. The van der Waals surface area contributed by atoms with Gasteiger partial charge in [0.25, 0.3) is 0 Å². The van der Waals surface area contributed by atoms with E-state index in [0.29, 0.717) is 0 Å². The number of thiol groups is 1. The molecule has 6 atom stereocenters. The van der Waals surface area contributed by atoms with Crippen molar-refractivity contribution in [2.45, 2.75) is 63.5 Å². The van der Waals surface area contributed by atoms with Crippen molar-refractivity contribution in [3.05, 3.63) is 0 Å². The molecule has 4 fully saturated rings. The van der Waals surface area contributed by atoms with Crippen molar-refractivity contribution in [1.82, 2.24) is 4.90 Å². The van der Waals surface area contributed by atoms with Gasteiger partial charge in [-0.3, -0.25) is 0 Å². The first-order chi connectivity index (χ1) is 8.72. The maximum absolute atomic E-state index is 5.51. The van der Waals surface area contributed by atoms with Crippen LogP contribution in [0.25, 0.3) is 0 Å². The molecule has 4 aliphatic carbocycles. The minimum Gasteiger partial charge on any atom is -0.351 e. The molecule has 0 radical (unpaired) electrons. The summed E-state index contributed by atoms with van der Waals surface area (Å²) >= 11 is 10.1. The Morgan fingerprint density at radius 2 is 1.33 bits per heavy atom. The molecule has 18 heavy (non-hydrogen) atoms. The van der Waals surface area contributed by atoms with Gasteiger partial charge in [0, 0.05) is 12.1 Å². The van der Waals surface area contributed by atoms with E-state index < -0.39 is 0 Å². The van der Waals surface area contributed by atoms with Crippen molar-refractivity contribution in [1.29, 1.82) is 0 Å². The third-order valence-electron chi connectivity index (χ3n) is 6.34. The molecule has 0 saturated heterocycles. The molecule has 3 heteroatoms. The Morgan fingerprint density at radius 1 is 0.833 bits per heavy atom. The summed E-state index contributed by atoms with van der Waals surface area (Å²) in [6.07, 6.45) is 11.6. The molecule has 0 aromatic carbocycles. The summed E-state index contributed by atoms with van der Waals surface area (Å²) in [5.74, 6) is 3.87. The summed E-state index contributed by atoms with van der Waals surface area (Å²) in [6, 6.07) is 1.50. The number of rotatable bonds is 2. The molecule has 0 aromatic rings. The van der Waals surface area contributed by atoms with Crippen LogP contribution >= 0.6 is 24.8 Å². The first-order valence-electron chi connectivity index (χ1n) is 7.73. The summed E-state index contributed by atoms with van der Waals surface area (Å²) in [5, 5.41) is 0. The lowest BCUT2D eigenvalue weighted by atomic mass is 9.89. The van der Waals surface area contributed by atoms with Crippen molar-refractivity contribution < 1.29 is 0 Å². The van der Waals surface area contributed by atoms with Crippen molar-refractivity contribution in [2.24, 2.45) is 23.7 Å². The zero-order valence-corrected chi connectivity index (χ0v) is 12.6. The molecule has 4 bridgehead atoms. The quantitative estimate of drug-likeness (QED) is 0.604. The van der Waals surface area contributed by atoms with E-state index >= 15 is 0 Å². The van der Waals surface area contributed by atoms with Gasteiger partial charge in [-0.15, -0.1) is 12.6 Å². The lowest BCUT2D eigenvalue weighted by Crippen LogP contribution is -2.49. The van der Waals surface area contributed by atoms with Crippen LogP contribution in [0.3, 0.4) is 0 Å². The predicted octanol–water partition coefficient (Wildman–Crippen LogP) is 3.88. The minimum atomic E-state index is 0.748. The van der Waals surface area contributed by atoms with E-state index in [9.17, 15) is 0 Å². The highest BCUT2D eigenvalue weighted by Crippen LogP contribution is 2.52. The van der Waals surface area contributed by atoms with Crippen LogP contribution in [0.15, 0.2) is 0 Å². The summed E-state index contributed by atoms with van der Waals surface area (Å²) in [5.41, 5.74) is 0. The van der Waals surface area contributed by atoms with Gasteiger partial charge >= 0.3 is 0 Å². The maximum Gasteiger partial charge on any atom is 0.133 e. The van der Waals surface area contributed by atoms with Crippen LogP contribution < -0.4 is 0 Å². The third kappa shape index (κ3) is 1.76. The van der Waals surface area contributed by atoms with Crippen LogP contribution in [0, 0.1) is 23.7 Å². The van der Waals surface area contributed by atoms with E-state index in [0.717, 1.165) is 40.1 Å². The number of hydrogen-bond acceptors (Lipinski definition) is 1. The van der Waals surface area contributed by atoms with Crippen LogP contribution in [0.1, 0.15) is 51.4 Å². The zero-order chi connectivity index (χ0) is 12.3. The molecule has 6 unspecified atom stereocenters. The second kappa shape index (κ2) is 4.37. The largest absolute Gasteiger partial charge is 0.351 e. The van der Waals surface area contributed by atoms with E-state index in [-0.39, 0.29) is 0 Å². The van der Waals surface area contributed by atoms with Gasteiger partial charge in [0.15, 0.2) is 0 Å². The van der Waals surface area contributed by atoms with Crippen molar-refractivity contribution in [3.63, 3.8) is 0 Å². The third-order valence-corrected chi connectivity index (χ3v) is 6.78. The zero-order valence-electron chi connectivity index (χ0n) is 10.9. The van der Waals surface area contributed by atoms with Crippen molar-refractivity contribution in [3.8, 4) is 0 Å². The Bertz CT molecular complexity index is 342. The molecule has 100 valence electrons. The van der Waals surface area contributed by atoms with E-state index in [1.165, 1.54) is 51.4 Å². The van der Waals surface area contributed by atoms with Gasteiger partial charge in [-0.2, -0.15) is 0 Å². The van der Waals surface area contributed by atoms with Crippen molar-refractivity contribution in [2.75, 3.05) is 0 Å². The topological polar surface area (TPSA) is 3.24 Å². The van der Waals surface area contributed by atoms with Crippen LogP contribution in [-0.4, -0.2) is 21.3 Å². The average molecular weight is 281 g/mol. The summed E-state index contributed by atoms with van der Waals surface area (Å²) in [6.45, 7) is 0. The van der Waals surface area contributed by atoms with Gasteiger partial charge < -0.3 is 4.90 Å². The second-order valence-corrected chi connectivity index (χ2v) is 8.29. The SMILES string of the molecule is S=C(S)N(C1CC2CCC1C2)C1CC2CCC1C2. The standard InChI is InChI=1S/C15H23NS2/c17-15(18)16(13-7-9-1-3-11(13)5-9)14-8-10-2-4-12(14)6-10/h9-14H,1-8H2,(H,17,18). The maximum atomic E-state index is 5.51. The van der Waals surface area contributed by atoms with Gasteiger partial charge in [-0.05, 0) is 62.2 Å². The van der Waals surface area contributed by atoms with E-state index in [2.05, 4.69) is 17.5 Å². The molecular formula is C15H23NS2. The monoisotopic (exact) mass is 281 g/mol. The van der Waals surface area contributed by atoms with Crippen molar-refractivity contribution >= 4 is 29.2 Å². The number of thiocarbonyl (C=S) groups is 1. The van der Waals surface area contributed by atoms with Gasteiger partial charge in [-0.25, -0.2) is 0 Å². The Hall–Kier alpha value is 0.240. The smallest absolute Gasteiger partial charge is 0.133 e. The number of nitrogens with zero attached hydrogens (tertiary/aromatic N) is 1.